The molecule has 8 heteroatoms. The maximum Gasteiger partial charge on any atom is 0.319 e. The lowest BCUT2D eigenvalue weighted by Gasteiger charge is -2.29. The molecular weight excluding hydrogens is 364 g/mol. The Morgan fingerprint density at radius 2 is 2.15 bits per heavy atom. The van der Waals surface area contributed by atoms with E-state index < -0.39 is 5.79 Å². The molecular formula is C19H28N4O3S. The van der Waals surface area contributed by atoms with Gasteiger partial charge in [0.25, 0.3) is 0 Å². The number of fused-ring (bicyclic) bond motifs is 1. The van der Waals surface area contributed by atoms with Crippen molar-refractivity contribution in [2.45, 2.75) is 45.5 Å². The summed E-state index contributed by atoms with van der Waals surface area (Å²) in [6.45, 7) is 11.0. The number of ether oxygens (including phenoxy) is 3. The number of anilines is 1. The Hall–Kier alpha value is -1.48. The van der Waals surface area contributed by atoms with Gasteiger partial charge in [-0.05, 0) is 26.3 Å². The molecule has 27 heavy (non-hydrogen) atoms. The van der Waals surface area contributed by atoms with Crippen molar-refractivity contribution in [3.63, 3.8) is 0 Å². The van der Waals surface area contributed by atoms with Gasteiger partial charge in [0.2, 0.25) is 0 Å². The summed E-state index contributed by atoms with van der Waals surface area (Å²) in [6.07, 6.45) is 1.83. The van der Waals surface area contributed by atoms with Crippen LogP contribution >= 0.6 is 11.3 Å². The SMILES string of the molecule is CCc1cc2c(N3CCNCC3)nc(OCCC3COC(C)(C)O3)nc2s1. The van der Waals surface area contributed by atoms with Crippen LogP contribution in [0, 0.1) is 0 Å². The van der Waals surface area contributed by atoms with Gasteiger partial charge in [-0.1, -0.05) is 6.92 Å². The Morgan fingerprint density at radius 1 is 1.33 bits per heavy atom. The quantitative estimate of drug-likeness (QED) is 0.810. The second-order valence-electron chi connectivity index (χ2n) is 7.44. The third-order valence-corrected chi connectivity index (χ3v) is 6.08. The van der Waals surface area contributed by atoms with Crippen LogP contribution in [0.5, 0.6) is 6.01 Å². The molecule has 148 valence electrons. The molecule has 0 aromatic carbocycles. The van der Waals surface area contributed by atoms with Crippen LogP contribution in [-0.2, 0) is 15.9 Å². The van der Waals surface area contributed by atoms with Crippen molar-refractivity contribution >= 4 is 27.4 Å². The van der Waals surface area contributed by atoms with E-state index in [2.05, 4.69) is 28.2 Å². The van der Waals surface area contributed by atoms with E-state index >= 15 is 0 Å². The van der Waals surface area contributed by atoms with Crippen LogP contribution in [0.3, 0.4) is 0 Å². The minimum Gasteiger partial charge on any atom is -0.463 e. The fourth-order valence-electron chi connectivity index (χ4n) is 3.48. The van der Waals surface area contributed by atoms with Gasteiger partial charge < -0.3 is 24.4 Å². The Kier molecular flexibility index (Phi) is 5.50. The molecule has 7 nitrogen and oxygen atoms in total. The lowest BCUT2D eigenvalue weighted by molar-refractivity contribution is -0.139. The van der Waals surface area contributed by atoms with Crippen molar-refractivity contribution < 1.29 is 14.2 Å². The highest BCUT2D eigenvalue weighted by atomic mass is 32.1. The average molecular weight is 393 g/mol. The van der Waals surface area contributed by atoms with Crippen molar-refractivity contribution in [2.75, 3.05) is 44.3 Å². The molecule has 0 amide bonds. The van der Waals surface area contributed by atoms with Gasteiger partial charge in [-0.25, -0.2) is 0 Å². The highest BCUT2D eigenvalue weighted by Gasteiger charge is 2.32. The summed E-state index contributed by atoms with van der Waals surface area (Å²) < 4.78 is 17.4. The van der Waals surface area contributed by atoms with Gasteiger partial charge in [0, 0.05) is 37.5 Å². The third kappa shape index (κ3) is 4.34. The maximum absolute atomic E-state index is 5.93. The van der Waals surface area contributed by atoms with Gasteiger partial charge in [-0.3, -0.25) is 0 Å². The standard InChI is InChI=1S/C19H28N4O3S/c1-4-14-11-15-16(23-8-6-20-7-9-23)21-18(22-17(15)27-14)24-10-5-13-12-25-19(2,3)26-13/h11,13,20H,4-10,12H2,1-3H3. The van der Waals surface area contributed by atoms with E-state index in [1.807, 2.05) is 13.8 Å². The summed E-state index contributed by atoms with van der Waals surface area (Å²) in [4.78, 5) is 14.1. The molecule has 1 unspecified atom stereocenters. The fourth-order valence-corrected chi connectivity index (χ4v) is 4.43. The van der Waals surface area contributed by atoms with Crippen LogP contribution < -0.4 is 15.0 Å². The number of piperazine rings is 1. The summed E-state index contributed by atoms with van der Waals surface area (Å²) in [6, 6.07) is 2.69. The van der Waals surface area contributed by atoms with Gasteiger partial charge in [0.15, 0.2) is 5.79 Å². The number of aromatic nitrogens is 2. The van der Waals surface area contributed by atoms with Gasteiger partial charge in [-0.2, -0.15) is 9.97 Å². The molecule has 0 radical (unpaired) electrons. The van der Waals surface area contributed by atoms with Crippen molar-refractivity contribution in [3.8, 4) is 6.01 Å². The zero-order valence-electron chi connectivity index (χ0n) is 16.3. The normalized spacial score (nSPS) is 22.5. The number of nitrogens with one attached hydrogen (secondary N) is 1. The first-order valence-corrected chi connectivity index (χ1v) is 10.6. The molecule has 2 aliphatic rings. The number of hydrogen-bond acceptors (Lipinski definition) is 8. The number of rotatable bonds is 6. The lowest BCUT2D eigenvalue weighted by atomic mass is 10.2. The largest absolute Gasteiger partial charge is 0.463 e. The predicted octanol–water partition coefficient (Wildman–Crippen LogP) is 2.58. The highest BCUT2D eigenvalue weighted by molar-refractivity contribution is 7.18. The summed E-state index contributed by atoms with van der Waals surface area (Å²) in [5.74, 6) is 0.498. The van der Waals surface area contributed by atoms with Crippen LogP contribution in [0.15, 0.2) is 6.07 Å². The first-order chi connectivity index (χ1) is 13.0. The second kappa shape index (κ2) is 7.87. The van der Waals surface area contributed by atoms with E-state index in [4.69, 9.17) is 19.2 Å². The molecule has 0 spiro atoms. The zero-order valence-corrected chi connectivity index (χ0v) is 17.1. The monoisotopic (exact) mass is 392 g/mol. The van der Waals surface area contributed by atoms with Crippen LogP contribution in [0.2, 0.25) is 0 Å². The minimum absolute atomic E-state index is 0.0600. The fraction of sp³-hybridized carbons (Fsp3) is 0.684. The molecule has 0 bridgehead atoms. The maximum atomic E-state index is 5.93. The van der Waals surface area contributed by atoms with Crippen LogP contribution in [0.4, 0.5) is 5.82 Å². The summed E-state index contributed by atoms with van der Waals surface area (Å²) >= 11 is 1.73. The number of hydrogen-bond donors (Lipinski definition) is 1. The molecule has 1 N–H and O–H groups in total. The number of thiophene rings is 1. The molecule has 2 aromatic rings. The van der Waals surface area contributed by atoms with E-state index in [0.717, 1.165) is 55.1 Å². The third-order valence-electron chi connectivity index (χ3n) is 4.91. The van der Waals surface area contributed by atoms with E-state index in [1.165, 1.54) is 4.88 Å². The van der Waals surface area contributed by atoms with Crippen LogP contribution in [0.25, 0.3) is 10.2 Å². The van der Waals surface area contributed by atoms with E-state index in [1.54, 1.807) is 11.3 Å². The average Bonchev–Trinajstić information content (AvgIpc) is 3.24. The molecule has 0 aliphatic carbocycles. The number of aryl methyl sites for hydroxylation is 1. The molecule has 1 atom stereocenters. The molecule has 0 saturated carbocycles. The smallest absolute Gasteiger partial charge is 0.319 e. The van der Waals surface area contributed by atoms with Gasteiger partial charge in [-0.15, -0.1) is 11.3 Å². The zero-order chi connectivity index (χ0) is 18.9. The van der Waals surface area contributed by atoms with Crippen LogP contribution in [-0.4, -0.2) is 61.3 Å². The first-order valence-electron chi connectivity index (χ1n) is 9.75. The highest BCUT2D eigenvalue weighted by Crippen LogP contribution is 2.33. The Labute approximate surface area is 164 Å². The first kappa shape index (κ1) is 18.9. The van der Waals surface area contributed by atoms with Gasteiger partial charge in [0.05, 0.1) is 24.7 Å². The molecule has 2 aliphatic heterocycles. The van der Waals surface area contributed by atoms with Crippen molar-refractivity contribution in [2.24, 2.45) is 0 Å². The minimum atomic E-state index is -0.497. The Bertz CT molecular complexity index is 789. The van der Waals surface area contributed by atoms with E-state index in [0.29, 0.717) is 19.2 Å². The van der Waals surface area contributed by atoms with E-state index in [9.17, 15) is 0 Å². The van der Waals surface area contributed by atoms with Gasteiger partial charge in [0.1, 0.15) is 10.6 Å². The van der Waals surface area contributed by atoms with Gasteiger partial charge >= 0.3 is 6.01 Å². The topological polar surface area (TPSA) is 68.7 Å². The Morgan fingerprint density at radius 3 is 2.85 bits per heavy atom. The van der Waals surface area contributed by atoms with Crippen LogP contribution in [0.1, 0.15) is 32.1 Å². The van der Waals surface area contributed by atoms with E-state index in [-0.39, 0.29) is 6.10 Å². The number of nitrogens with zero attached hydrogens (tertiary/aromatic N) is 3. The molecule has 4 rings (SSSR count). The van der Waals surface area contributed by atoms with Crippen molar-refractivity contribution in [1.29, 1.82) is 0 Å². The second-order valence-corrected chi connectivity index (χ2v) is 8.55. The summed E-state index contributed by atoms with van der Waals surface area (Å²) in [5, 5.41) is 4.54. The molecule has 2 saturated heterocycles. The summed E-state index contributed by atoms with van der Waals surface area (Å²) in [7, 11) is 0. The molecule has 4 heterocycles. The summed E-state index contributed by atoms with van der Waals surface area (Å²) in [5.41, 5.74) is 0. The van der Waals surface area contributed by atoms with Crippen molar-refractivity contribution in [1.82, 2.24) is 15.3 Å². The molecule has 2 fully saturated rings. The van der Waals surface area contributed by atoms with Crippen molar-refractivity contribution in [3.05, 3.63) is 10.9 Å². The predicted molar refractivity (Wildman–Crippen MR) is 107 cm³/mol. The Balaban J connectivity index is 1.50. The lowest BCUT2D eigenvalue weighted by Crippen LogP contribution is -2.44. The molecule has 2 aromatic heterocycles.